The summed E-state index contributed by atoms with van der Waals surface area (Å²) in [7, 11) is 0. The Kier molecular flexibility index (Phi) is 3.44. The molecule has 7 heteroatoms. The minimum Gasteiger partial charge on any atom is -0.481 e. The van der Waals surface area contributed by atoms with E-state index in [0.717, 1.165) is 17.2 Å². The molecule has 90 valence electrons. The van der Waals surface area contributed by atoms with Gasteiger partial charge in [-0.15, -0.1) is 0 Å². The second-order valence-corrected chi connectivity index (χ2v) is 4.61. The fraction of sp³-hybridized carbons (Fsp3) is 0.300. The van der Waals surface area contributed by atoms with Crippen molar-refractivity contribution in [2.45, 2.75) is 6.92 Å². The lowest BCUT2D eigenvalue weighted by Gasteiger charge is -2.11. The summed E-state index contributed by atoms with van der Waals surface area (Å²) in [6.07, 6.45) is 0. The van der Waals surface area contributed by atoms with Crippen LogP contribution in [0.2, 0.25) is 5.02 Å². The SMILES string of the molecule is CC(CNc1c(Cl)ccc2nsnc12)C(=O)O. The van der Waals surface area contributed by atoms with Crippen LogP contribution in [0.1, 0.15) is 6.92 Å². The molecule has 0 bridgehead atoms. The van der Waals surface area contributed by atoms with Crippen LogP contribution in [-0.2, 0) is 4.79 Å². The van der Waals surface area contributed by atoms with E-state index in [-0.39, 0.29) is 0 Å². The highest BCUT2D eigenvalue weighted by Gasteiger charge is 2.14. The van der Waals surface area contributed by atoms with Crippen LogP contribution in [0.15, 0.2) is 12.1 Å². The maximum absolute atomic E-state index is 10.7. The maximum Gasteiger partial charge on any atom is 0.308 e. The third-order valence-electron chi connectivity index (χ3n) is 2.38. The number of fused-ring (bicyclic) bond motifs is 1. The van der Waals surface area contributed by atoms with Crippen LogP contribution in [0.4, 0.5) is 5.69 Å². The third kappa shape index (κ3) is 2.48. The predicted octanol–water partition coefficient (Wildman–Crippen LogP) is 2.48. The molecule has 1 aromatic carbocycles. The Hall–Kier alpha value is -1.40. The quantitative estimate of drug-likeness (QED) is 0.893. The van der Waals surface area contributed by atoms with Gasteiger partial charge in [0.2, 0.25) is 0 Å². The number of hydrogen-bond acceptors (Lipinski definition) is 5. The first-order valence-electron chi connectivity index (χ1n) is 4.97. The molecule has 0 spiro atoms. The molecule has 1 heterocycles. The van der Waals surface area contributed by atoms with Crippen molar-refractivity contribution in [1.29, 1.82) is 0 Å². The highest BCUT2D eigenvalue weighted by molar-refractivity contribution is 7.00. The number of hydrogen-bond donors (Lipinski definition) is 2. The average Bonchev–Trinajstić information content (AvgIpc) is 2.75. The molecule has 0 aliphatic heterocycles. The standard InChI is InChI=1S/C10H10ClN3O2S/c1-5(10(15)16)4-12-8-6(11)2-3-7-9(8)14-17-13-7/h2-3,5,12H,4H2,1H3,(H,15,16). The van der Waals surface area contributed by atoms with Crippen LogP contribution in [0.25, 0.3) is 11.0 Å². The summed E-state index contributed by atoms with van der Waals surface area (Å²) in [6, 6.07) is 3.51. The van der Waals surface area contributed by atoms with E-state index in [1.165, 1.54) is 0 Å². The Labute approximate surface area is 107 Å². The topological polar surface area (TPSA) is 75.1 Å². The van der Waals surface area contributed by atoms with E-state index in [9.17, 15) is 4.79 Å². The van der Waals surface area contributed by atoms with Crippen molar-refractivity contribution in [1.82, 2.24) is 8.75 Å². The molecule has 2 N–H and O–H groups in total. The molecule has 0 amide bonds. The fourth-order valence-electron chi connectivity index (χ4n) is 1.34. The smallest absolute Gasteiger partial charge is 0.308 e. The summed E-state index contributed by atoms with van der Waals surface area (Å²) < 4.78 is 8.24. The number of nitrogens with one attached hydrogen (secondary N) is 1. The number of carbonyl (C=O) groups is 1. The number of halogens is 1. The van der Waals surface area contributed by atoms with Gasteiger partial charge in [-0.2, -0.15) is 8.75 Å². The minimum atomic E-state index is -0.850. The van der Waals surface area contributed by atoms with Crippen LogP contribution in [-0.4, -0.2) is 26.4 Å². The van der Waals surface area contributed by atoms with Crippen molar-refractivity contribution in [2.24, 2.45) is 5.92 Å². The van der Waals surface area contributed by atoms with E-state index in [0.29, 0.717) is 22.8 Å². The van der Waals surface area contributed by atoms with E-state index in [1.54, 1.807) is 19.1 Å². The summed E-state index contributed by atoms with van der Waals surface area (Å²) >= 11 is 7.15. The fourth-order valence-corrected chi connectivity index (χ4v) is 2.10. The Morgan fingerprint density at radius 1 is 1.59 bits per heavy atom. The zero-order valence-electron chi connectivity index (χ0n) is 8.98. The first-order chi connectivity index (χ1) is 8.09. The Morgan fingerprint density at radius 2 is 2.35 bits per heavy atom. The van der Waals surface area contributed by atoms with Crippen LogP contribution in [0.3, 0.4) is 0 Å². The van der Waals surface area contributed by atoms with Gasteiger partial charge in [0.1, 0.15) is 11.0 Å². The van der Waals surface area contributed by atoms with Crippen molar-refractivity contribution in [3.05, 3.63) is 17.2 Å². The Balaban J connectivity index is 2.25. The van der Waals surface area contributed by atoms with Crippen molar-refractivity contribution in [3.8, 4) is 0 Å². The highest BCUT2D eigenvalue weighted by Crippen LogP contribution is 2.29. The number of nitrogens with zero attached hydrogens (tertiary/aromatic N) is 2. The molecule has 1 aromatic heterocycles. The van der Waals surface area contributed by atoms with Gasteiger partial charge in [-0.05, 0) is 12.1 Å². The van der Waals surface area contributed by atoms with E-state index in [1.807, 2.05) is 0 Å². The number of rotatable bonds is 4. The van der Waals surface area contributed by atoms with Gasteiger partial charge in [0.15, 0.2) is 0 Å². The number of aromatic nitrogens is 2. The van der Waals surface area contributed by atoms with E-state index < -0.39 is 11.9 Å². The second-order valence-electron chi connectivity index (χ2n) is 3.67. The van der Waals surface area contributed by atoms with Crippen molar-refractivity contribution >= 4 is 46.0 Å². The molecule has 0 aliphatic carbocycles. The third-order valence-corrected chi connectivity index (χ3v) is 3.24. The van der Waals surface area contributed by atoms with Gasteiger partial charge >= 0.3 is 5.97 Å². The lowest BCUT2D eigenvalue weighted by atomic mass is 10.2. The number of aliphatic carboxylic acids is 1. The molecule has 0 radical (unpaired) electrons. The molecule has 1 unspecified atom stereocenters. The zero-order chi connectivity index (χ0) is 12.4. The molecule has 0 saturated heterocycles. The number of carboxylic acid groups (broad SMARTS) is 1. The van der Waals surface area contributed by atoms with Crippen molar-refractivity contribution < 1.29 is 9.90 Å². The van der Waals surface area contributed by atoms with Crippen LogP contribution < -0.4 is 5.32 Å². The van der Waals surface area contributed by atoms with E-state index in [4.69, 9.17) is 16.7 Å². The highest BCUT2D eigenvalue weighted by atomic mass is 35.5. The van der Waals surface area contributed by atoms with Gasteiger partial charge in [-0.3, -0.25) is 4.79 Å². The Bertz CT molecular complexity index is 557. The van der Waals surface area contributed by atoms with E-state index >= 15 is 0 Å². The maximum atomic E-state index is 10.7. The van der Waals surface area contributed by atoms with Gasteiger partial charge < -0.3 is 10.4 Å². The lowest BCUT2D eigenvalue weighted by molar-refractivity contribution is -0.140. The van der Waals surface area contributed by atoms with Crippen LogP contribution >= 0.6 is 23.3 Å². The first-order valence-corrected chi connectivity index (χ1v) is 6.08. The first kappa shape index (κ1) is 12.1. The van der Waals surface area contributed by atoms with Gasteiger partial charge in [0.25, 0.3) is 0 Å². The molecular weight excluding hydrogens is 262 g/mol. The zero-order valence-corrected chi connectivity index (χ0v) is 10.5. The summed E-state index contributed by atoms with van der Waals surface area (Å²) in [5, 5.41) is 12.3. The summed E-state index contributed by atoms with van der Waals surface area (Å²) in [4.78, 5) is 10.7. The molecule has 2 rings (SSSR count). The number of carboxylic acids is 1. The van der Waals surface area contributed by atoms with Crippen LogP contribution in [0.5, 0.6) is 0 Å². The molecule has 5 nitrogen and oxygen atoms in total. The lowest BCUT2D eigenvalue weighted by Crippen LogP contribution is -2.19. The normalized spacial score (nSPS) is 12.6. The van der Waals surface area contributed by atoms with Crippen molar-refractivity contribution in [2.75, 3.05) is 11.9 Å². The summed E-state index contributed by atoms with van der Waals surface area (Å²) in [6.45, 7) is 1.92. The van der Waals surface area contributed by atoms with Gasteiger partial charge in [0.05, 0.1) is 28.4 Å². The number of anilines is 1. The largest absolute Gasteiger partial charge is 0.481 e. The molecular formula is C10H10ClN3O2S. The minimum absolute atomic E-state index is 0.297. The van der Waals surface area contributed by atoms with Gasteiger partial charge in [-0.25, -0.2) is 0 Å². The summed E-state index contributed by atoms with van der Waals surface area (Å²) in [5.74, 6) is -1.34. The summed E-state index contributed by atoms with van der Waals surface area (Å²) in [5.41, 5.74) is 2.08. The molecule has 1 atom stereocenters. The number of benzene rings is 1. The molecule has 0 aliphatic rings. The van der Waals surface area contributed by atoms with Gasteiger partial charge in [0, 0.05) is 6.54 Å². The molecule has 2 aromatic rings. The van der Waals surface area contributed by atoms with Crippen molar-refractivity contribution in [3.63, 3.8) is 0 Å². The monoisotopic (exact) mass is 271 g/mol. The molecule has 0 fully saturated rings. The second kappa shape index (κ2) is 4.85. The predicted molar refractivity (Wildman–Crippen MR) is 67.7 cm³/mol. The van der Waals surface area contributed by atoms with Crippen LogP contribution in [0, 0.1) is 5.92 Å². The van der Waals surface area contributed by atoms with Gasteiger partial charge in [-0.1, -0.05) is 18.5 Å². The van der Waals surface area contributed by atoms with E-state index in [2.05, 4.69) is 14.1 Å². The Morgan fingerprint density at radius 3 is 3.06 bits per heavy atom. The molecule has 0 saturated carbocycles. The average molecular weight is 272 g/mol. The molecule has 17 heavy (non-hydrogen) atoms.